The molecule has 0 saturated carbocycles. The largest absolute Gasteiger partial charge is 0.385 e. The summed E-state index contributed by atoms with van der Waals surface area (Å²) in [4.78, 5) is 26.1. The third kappa shape index (κ3) is 8.65. The second-order valence-electron chi connectivity index (χ2n) is 6.34. The van der Waals surface area contributed by atoms with Gasteiger partial charge in [0.05, 0.1) is 6.54 Å². The summed E-state index contributed by atoms with van der Waals surface area (Å²) in [6.07, 6.45) is 1.78. The Labute approximate surface area is 150 Å². The van der Waals surface area contributed by atoms with E-state index >= 15 is 0 Å². The second-order valence-corrected chi connectivity index (χ2v) is 6.34. The van der Waals surface area contributed by atoms with Gasteiger partial charge in [0.25, 0.3) is 5.91 Å². The van der Waals surface area contributed by atoms with Crippen molar-refractivity contribution < 1.29 is 14.3 Å². The van der Waals surface area contributed by atoms with Crippen LogP contribution in [0.1, 0.15) is 42.6 Å². The van der Waals surface area contributed by atoms with Gasteiger partial charge >= 0.3 is 0 Å². The number of carbonyl (C=O) groups is 2. The first kappa shape index (κ1) is 21.1. The maximum Gasteiger partial charge on any atom is 0.251 e. The van der Waals surface area contributed by atoms with Crippen LogP contribution in [0.4, 0.5) is 0 Å². The zero-order valence-electron chi connectivity index (χ0n) is 15.8. The summed E-state index contributed by atoms with van der Waals surface area (Å²) >= 11 is 0. The molecule has 0 radical (unpaired) electrons. The van der Waals surface area contributed by atoms with E-state index in [0.717, 1.165) is 24.9 Å². The maximum atomic E-state index is 12.2. The van der Waals surface area contributed by atoms with Crippen LogP contribution >= 0.6 is 0 Å². The number of nitrogens with one attached hydrogen (secondary N) is 2. The normalized spacial score (nSPS) is 12.0. The van der Waals surface area contributed by atoms with E-state index in [2.05, 4.69) is 10.6 Å². The topological polar surface area (TPSA) is 70.7 Å². The molecule has 1 aromatic carbocycles. The summed E-state index contributed by atoms with van der Waals surface area (Å²) in [5.74, 6) is -0.116. The molecule has 2 amide bonds. The molecule has 1 unspecified atom stereocenters. The minimum absolute atomic E-state index is 0.0330. The van der Waals surface area contributed by atoms with Crippen molar-refractivity contribution in [2.24, 2.45) is 0 Å². The fourth-order valence-corrected chi connectivity index (χ4v) is 2.29. The van der Waals surface area contributed by atoms with Gasteiger partial charge in [-0.15, -0.1) is 0 Å². The Kier molecular flexibility index (Phi) is 9.80. The predicted octanol–water partition coefficient (Wildman–Crippen LogP) is 1.80. The van der Waals surface area contributed by atoms with Crippen LogP contribution in [0.2, 0.25) is 0 Å². The minimum atomic E-state index is -0.0830. The number of hydrogen-bond acceptors (Lipinski definition) is 4. The van der Waals surface area contributed by atoms with Crippen LogP contribution in [-0.4, -0.2) is 56.6 Å². The SMILES string of the molecule is CCC(C)NC(=O)c1cccc(CNC(=O)CN(C)CCCOC)c1. The number of likely N-dealkylation sites (N-methyl/N-ethyl adjacent to an activating group) is 1. The molecule has 0 aliphatic rings. The van der Waals surface area contributed by atoms with Gasteiger partial charge in [0.2, 0.25) is 5.91 Å². The Morgan fingerprint density at radius 3 is 2.76 bits per heavy atom. The molecular formula is C19H31N3O3. The zero-order valence-corrected chi connectivity index (χ0v) is 15.8. The van der Waals surface area contributed by atoms with Crippen LogP contribution < -0.4 is 10.6 Å². The monoisotopic (exact) mass is 349 g/mol. The maximum absolute atomic E-state index is 12.2. The molecule has 0 spiro atoms. The molecule has 0 aliphatic carbocycles. The van der Waals surface area contributed by atoms with Crippen LogP contribution in [0.5, 0.6) is 0 Å². The lowest BCUT2D eigenvalue weighted by atomic mass is 10.1. The molecule has 1 aromatic rings. The highest BCUT2D eigenvalue weighted by molar-refractivity contribution is 5.94. The third-order valence-electron chi connectivity index (χ3n) is 3.97. The Balaban J connectivity index is 2.45. The first-order chi connectivity index (χ1) is 12.0. The lowest BCUT2D eigenvalue weighted by Crippen LogP contribution is -2.35. The highest BCUT2D eigenvalue weighted by Crippen LogP contribution is 2.06. The standard InChI is InChI=1S/C19H31N3O3/c1-5-15(2)21-19(24)17-9-6-8-16(12-17)13-20-18(23)14-22(3)10-7-11-25-4/h6,8-9,12,15H,5,7,10-11,13-14H2,1-4H3,(H,20,23)(H,21,24). The first-order valence-electron chi connectivity index (χ1n) is 8.80. The number of ether oxygens (including phenoxy) is 1. The van der Waals surface area contributed by atoms with Crippen LogP contribution in [-0.2, 0) is 16.1 Å². The summed E-state index contributed by atoms with van der Waals surface area (Å²) in [5.41, 5.74) is 1.52. The van der Waals surface area contributed by atoms with Gasteiger partial charge in [-0.05, 0) is 44.5 Å². The van der Waals surface area contributed by atoms with E-state index in [1.165, 1.54) is 0 Å². The average molecular weight is 349 g/mol. The van der Waals surface area contributed by atoms with Crippen molar-refractivity contribution in [3.63, 3.8) is 0 Å². The van der Waals surface area contributed by atoms with Crippen LogP contribution in [0.15, 0.2) is 24.3 Å². The molecule has 6 heteroatoms. The van der Waals surface area contributed by atoms with E-state index in [-0.39, 0.29) is 17.9 Å². The molecule has 0 aromatic heterocycles. The van der Waals surface area contributed by atoms with Crippen molar-refractivity contribution in [1.82, 2.24) is 15.5 Å². The molecule has 1 atom stereocenters. The molecular weight excluding hydrogens is 318 g/mol. The molecule has 0 heterocycles. The molecule has 6 nitrogen and oxygen atoms in total. The van der Waals surface area contributed by atoms with Gasteiger partial charge in [-0.25, -0.2) is 0 Å². The molecule has 0 bridgehead atoms. The van der Waals surface area contributed by atoms with Crippen LogP contribution in [0.25, 0.3) is 0 Å². The number of amides is 2. The number of hydrogen-bond donors (Lipinski definition) is 2. The molecule has 140 valence electrons. The van der Waals surface area contributed by atoms with E-state index in [4.69, 9.17) is 4.74 Å². The van der Waals surface area contributed by atoms with E-state index < -0.39 is 0 Å². The van der Waals surface area contributed by atoms with Gasteiger partial charge < -0.3 is 15.4 Å². The number of nitrogens with zero attached hydrogens (tertiary/aromatic N) is 1. The fraction of sp³-hybridized carbons (Fsp3) is 0.579. The van der Waals surface area contributed by atoms with Crippen molar-refractivity contribution in [3.8, 4) is 0 Å². The molecule has 25 heavy (non-hydrogen) atoms. The lowest BCUT2D eigenvalue weighted by Gasteiger charge is -2.16. The van der Waals surface area contributed by atoms with Gasteiger partial charge in [0.1, 0.15) is 0 Å². The molecule has 0 fully saturated rings. The summed E-state index contributed by atoms with van der Waals surface area (Å²) in [7, 11) is 3.58. The highest BCUT2D eigenvalue weighted by Gasteiger charge is 2.10. The zero-order chi connectivity index (χ0) is 18.7. The Bertz CT molecular complexity index is 548. The van der Waals surface area contributed by atoms with Crippen molar-refractivity contribution in [3.05, 3.63) is 35.4 Å². The lowest BCUT2D eigenvalue weighted by molar-refractivity contribution is -0.122. The smallest absolute Gasteiger partial charge is 0.251 e. The second kappa shape index (κ2) is 11.6. The minimum Gasteiger partial charge on any atom is -0.385 e. The third-order valence-corrected chi connectivity index (χ3v) is 3.97. The van der Waals surface area contributed by atoms with Crippen molar-refractivity contribution in [2.75, 3.05) is 33.9 Å². The summed E-state index contributed by atoms with van der Waals surface area (Å²) in [5, 5.41) is 5.84. The number of carbonyl (C=O) groups excluding carboxylic acids is 2. The van der Waals surface area contributed by atoms with E-state index in [0.29, 0.717) is 25.3 Å². The van der Waals surface area contributed by atoms with Crippen molar-refractivity contribution in [2.45, 2.75) is 39.3 Å². The van der Waals surface area contributed by atoms with Gasteiger partial charge in [0.15, 0.2) is 0 Å². The van der Waals surface area contributed by atoms with Crippen LogP contribution in [0.3, 0.4) is 0 Å². The summed E-state index contributed by atoms with van der Waals surface area (Å²) < 4.78 is 5.00. The number of rotatable bonds is 11. The fourth-order valence-electron chi connectivity index (χ4n) is 2.29. The molecule has 1 rings (SSSR count). The van der Waals surface area contributed by atoms with Crippen molar-refractivity contribution in [1.29, 1.82) is 0 Å². The summed E-state index contributed by atoms with van der Waals surface area (Å²) in [6, 6.07) is 7.49. The van der Waals surface area contributed by atoms with E-state index in [1.807, 2.05) is 44.0 Å². The quantitative estimate of drug-likeness (QED) is 0.598. The first-order valence-corrected chi connectivity index (χ1v) is 8.80. The van der Waals surface area contributed by atoms with Crippen LogP contribution in [0, 0.1) is 0 Å². The van der Waals surface area contributed by atoms with E-state index in [9.17, 15) is 9.59 Å². The predicted molar refractivity (Wildman–Crippen MR) is 99.5 cm³/mol. The Morgan fingerprint density at radius 2 is 2.08 bits per heavy atom. The van der Waals surface area contributed by atoms with Gasteiger partial charge in [-0.2, -0.15) is 0 Å². The molecule has 0 aliphatic heterocycles. The number of benzene rings is 1. The van der Waals surface area contributed by atoms with Gasteiger partial charge in [0, 0.05) is 38.4 Å². The molecule has 0 saturated heterocycles. The molecule has 2 N–H and O–H groups in total. The van der Waals surface area contributed by atoms with Crippen molar-refractivity contribution >= 4 is 11.8 Å². The highest BCUT2D eigenvalue weighted by atomic mass is 16.5. The average Bonchev–Trinajstić information content (AvgIpc) is 2.60. The Morgan fingerprint density at radius 1 is 1.32 bits per heavy atom. The van der Waals surface area contributed by atoms with Gasteiger partial charge in [-0.3, -0.25) is 14.5 Å². The van der Waals surface area contributed by atoms with Gasteiger partial charge in [-0.1, -0.05) is 19.1 Å². The van der Waals surface area contributed by atoms with E-state index in [1.54, 1.807) is 13.2 Å². The Hall–Kier alpha value is -1.92. The number of methoxy groups -OCH3 is 1. The summed E-state index contributed by atoms with van der Waals surface area (Å²) in [6.45, 7) is 6.27.